The van der Waals surface area contributed by atoms with Gasteiger partial charge in [-0.05, 0) is 32.6 Å². The van der Waals surface area contributed by atoms with Gasteiger partial charge >= 0.3 is 0 Å². The van der Waals surface area contributed by atoms with Gasteiger partial charge in [-0.3, -0.25) is 4.79 Å². The van der Waals surface area contributed by atoms with Gasteiger partial charge in [0, 0.05) is 12.1 Å². The van der Waals surface area contributed by atoms with Crippen LogP contribution in [0.1, 0.15) is 73.1 Å². The van der Waals surface area contributed by atoms with E-state index in [-0.39, 0.29) is 16.9 Å². The zero-order valence-electron chi connectivity index (χ0n) is 12.9. The minimum atomic E-state index is -0.366. The minimum Gasteiger partial charge on any atom is -0.350 e. The molecule has 0 unspecified atom stereocenters. The molecule has 0 aliphatic carbocycles. The van der Waals surface area contributed by atoms with E-state index in [0.29, 0.717) is 6.54 Å². The SMILES string of the molecule is CCCC(CN)(CCC)C(=O)NC(C)(CC)CC. The topological polar surface area (TPSA) is 55.1 Å². The summed E-state index contributed by atoms with van der Waals surface area (Å²) in [4.78, 5) is 12.6. The number of nitrogens with one attached hydrogen (secondary N) is 1. The van der Waals surface area contributed by atoms with Crippen molar-refractivity contribution in [1.82, 2.24) is 5.32 Å². The maximum absolute atomic E-state index is 12.6. The fraction of sp³-hybridized carbons (Fsp3) is 0.933. The van der Waals surface area contributed by atoms with E-state index in [4.69, 9.17) is 5.73 Å². The quantitative estimate of drug-likeness (QED) is 0.665. The number of amides is 1. The highest BCUT2D eigenvalue weighted by molar-refractivity contribution is 5.83. The van der Waals surface area contributed by atoms with E-state index in [1.54, 1.807) is 0 Å². The molecular weight excluding hydrogens is 224 g/mol. The molecule has 3 N–H and O–H groups in total. The summed E-state index contributed by atoms with van der Waals surface area (Å²) in [5.74, 6) is 0.153. The summed E-state index contributed by atoms with van der Waals surface area (Å²) in [7, 11) is 0. The fourth-order valence-corrected chi connectivity index (χ4v) is 2.44. The van der Waals surface area contributed by atoms with Crippen molar-refractivity contribution in [2.75, 3.05) is 6.54 Å². The van der Waals surface area contributed by atoms with E-state index in [1.807, 2.05) is 0 Å². The van der Waals surface area contributed by atoms with Crippen LogP contribution in [-0.2, 0) is 4.79 Å². The van der Waals surface area contributed by atoms with Crippen LogP contribution in [-0.4, -0.2) is 18.0 Å². The monoisotopic (exact) mass is 256 g/mol. The number of nitrogens with two attached hydrogens (primary N) is 1. The summed E-state index contributed by atoms with van der Waals surface area (Å²) in [6.07, 6.45) is 5.67. The van der Waals surface area contributed by atoms with Gasteiger partial charge in [-0.25, -0.2) is 0 Å². The van der Waals surface area contributed by atoms with Gasteiger partial charge in [0.05, 0.1) is 5.41 Å². The Balaban J connectivity index is 4.95. The van der Waals surface area contributed by atoms with Crippen LogP contribution in [0.2, 0.25) is 0 Å². The lowest BCUT2D eigenvalue weighted by atomic mass is 9.77. The third-order valence-corrected chi connectivity index (χ3v) is 4.31. The molecular formula is C15H32N2O. The van der Waals surface area contributed by atoms with Crippen molar-refractivity contribution in [3.8, 4) is 0 Å². The van der Waals surface area contributed by atoms with Crippen molar-refractivity contribution >= 4 is 5.91 Å². The van der Waals surface area contributed by atoms with E-state index in [2.05, 4.69) is 39.9 Å². The zero-order chi connectivity index (χ0) is 14.2. The minimum absolute atomic E-state index is 0.0982. The molecule has 0 aromatic carbocycles. The molecule has 1 amide bonds. The van der Waals surface area contributed by atoms with Crippen LogP contribution in [0.4, 0.5) is 0 Å². The summed E-state index contributed by atoms with van der Waals surface area (Å²) in [6, 6.07) is 0. The molecule has 0 heterocycles. The molecule has 0 fully saturated rings. The Bertz CT molecular complexity index is 241. The van der Waals surface area contributed by atoms with Gasteiger partial charge in [-0.1, -0.05) is 40.5 Å². The summed E-state index contributed by atoms with van der Waals surface area (Å²) < 4.78 is 0. The van der Waals surface area contributed by atoms with Crippen molar-refractivity contribution in [2.24, 2.45) is 11.1 Å². The van der Waals surface area contributed by atoms with Gasteiger partial charge in [0.2, 0.25) is 5.91 Å². The lowest BCUT2D eigenvalue weighted by molar-refractivity contribution is -0.133. The van der Waals surface area contributed by atoms with E-state index < -0.39 is 0 Å². The van der Waals surface area contributed by atoms with Crippen LogP contribution in [0.25, 0.3) is 0 Å². The molecule has 0 saturated carbocycles. The van der Waals surface area contributed by atoms with Crippen molar-refractivity contribution in [3.63, 3.8) is 0 Å². The molecule has 18 heavy (non-hydrogen) atoms. The van der Waals surface area contributed by atoms with E-state index in [0.717, 1.165) is 38.5 Å². The molecule has 0 spiro atoms. The summed E-state index contributed by atoms with van der Waals surface area (Å²) in [6.45, 7) is 11.0. The lowest BCUT2D eigenvalue weighted by Crippen LogP contribution is -2.54. The summed E-state index contributed by atoms with van der Waals surface area (Å²) >= 11 is 0. The van der Waals surface area contributed by atoms with Gasteiger partial charge < -0.3 is 11.1 Å². The summed E-state index contributed by atoms with van der Waals surface area (Å²) in [5, 5.41) is 3.24. The van der Waals surface area contributed by atoms with Gasteiger partial charge in [-0.2, -0.15) is 0 Å². The Morgan fingerprint density at radius 1 is 1.06 bits per heavy atom. The average Bonchev–Trinajstić information content (AvgIpc) is 2.38. The highest BCUT2D eigenvalue weighted by atomic mass is 16.2. The number of carbonyl (C=O) groups is 1. The molecule has 0 aliphatic heterocycles. The van der Waals surface area contributed by atoms with Crippen molar-refractivity contribution in [3.05, 3.63) is 0 Å². The van der Waals surface area contributed by atoms with Gasteiger partial charge in [0.15, 0.2) is 0 Å². The first-order valence-corrected chi connectivity index (χ1v) is 7.46. The molecule has 0 aliphatic rings. The number of rotatable bonds is 9. The standard InChI is InChI=1S/C15H32N2O/c1-6-10-15(12-16,11-7-2)13(18)17-14(5,8-3)9-4/h6-12,16H2,1-5H3,(H,17,18). The molecule has 0 saturated heterocycles. The van der Waals surface area contributed by atoms with Crippen molar-refractivity contribution in [2.45, 2.75) is 78.7 Å². The second-order valence-electron chi connectivity index (χ2n) is 5.71. The molecule has 108 valence electrons. The van der Waals surface area contributed by atoms with Crippen LogP contribution < -0.4 is 11.1 Å². The normalized spacial score (nSPS) is 12.6. The highest BCUT2D eigenvalue weighted by Crippen LogP contribution is 2.30. The Morgan fingerprint density at radius 2 is 1.50 bits per heavy atom. The predicted molar refractivity (Wildman–Crippen MR) is 78.4 cm³/mol. The Labute approximate surface area is 113 Å². The molecule has 0 atom stereocenters. The smallest absolute Gasteiger partial charge is 0.227 e. The third-order valence-electron chi connectivity index (χ3n) is 4.31. The van der Waals surface area contributed by atoms with Crippen molar-refractivity contribution < 1.29 is 4.79 Å². The van der Waals surface area contributed by atoms with Gasteiger partial charge in [-0.15, -0.1) is 0 Å². The zero-order valence-corrected chi connectivity index (χ0v) is 12.9. The molecule has 0 radical (unpaired) electrons. The number of hydrogen-bond donors (Lipinski definition) is 2. The Hall–Kier alpha value is -0.570. The Kier molecular flexibility index (Phi) is 7.53. The lowest BCUT2D eigenvalue weighted by Gasteiger charge is -2.36. The molecule has 0 bridgehead atoms. The molecule has 3 heteroatoms. The molecule has 0 aromatic heterocycles. The Morgan fingerprint density at radius 3 is 1.78 bits per heavy atom. The maximum atomic E-state index is 12.6. The predicted octanol–water partition coefficient (Wildman–Crippen LogP) is 3.23. The first-order valence-electron chi connectivity index (χ1n) is 7.46. The van der Waals surface area contributed by atoms with Gasteiger partial charge in [0.25, 0.3) is 0 Å². The third kappa shape index (κ3) is 4.27. The fourth-order valence-electron chi connectivity index (χ4n) is 2.44. The average molecular weight is 256 g/mol. The largest absolute Gasteiger partial charge is 0.350 e. The van der Waals surface area contributed by atoms with E-state index >= 15 is 0 Å². The summed E-state index contributed by atoms with van der Waals surface area (Å²) in [5.41, 5.74) is 5.46. The number of carbonyl (C=O) groups excluding carboxylic acids is 1. The van der Waals surface area contributed by atoms with Crippen LogP contribution in [0, 0.1) is 5.41 Å². The van der Waals surface area contributed by atoms with Gasteiger partial charge in [0.1, 0.15) is 0 Å². The first kappa shape index (κ1) is 17.4. The van der Waals surface area contributed by atoms with Crippen LogP contribution in [0.3, 0.4) is 0 Å². The first-order chi connectivity index (χ1) is 8.43. The van der Waals surface area contributed by atoms with Crippen LogP contribution in [0.5, 0.6) is 0 Å². The van der Waals surface area contributed by atoms with E-state index in [1.165, 1.54) is 0 Å². The van der Waals surface area contributed by atoms with Crippen LogP contribution >= 0.6 is 0 Å². The molecule has 0 rings (SSSR count). The number of hydrogen-bond acceptors (Lipinski definition) is 2. The van der Waals surface area contributed by atoms with Crippen molar-refractivity contribution in [1.29, 1.82) is 0 Å². The second kappa shape index (κ2) is 7.78. The second-order valence-corrected chi connectivity index (χ2v) is 5.71. The molecule has 3 nitrogen and oxygen atoms in total. The molecule has 0 aromatic rings. The van der Waals surface area contributed by atoms with Crippen LogP contribution in [0.15, 0.2) is 0 Å². The maximum Gasteiger partial charge on any atom is 0.227 e. The van der Waals surface area contributed by atoms with E-state index in [9.17, 15) is 4.79 Å². The highest BCUT2D eigenvalue weighted by Gasteiger charge is 2.37.